The minimum absolute atomic E-state index is 0.0777. The molecule has 1 aromatic rings. The van der Waals surface area contributed by atoms with Crippen molar-refractivity contribution in [3.8, 4) is 0 Å². The molecule has 1 aromatic carbocycles. The summed E-state index contributed by atoms with van der Waals surface area (Å²) in [7, 11) is 0. The molecule has 1 N–H and O–H groups in total. The number of rotatable bonds is 7. The summed E-state index contributed by atoms with van der Waals surface area (Å²) in [6.45, 7) is 8.40. The Morgan fingerprint density at radius 2 is 2.00 bits per heavy atom. The largest absolute Gasteiger partial charge is 0.379 e. The summed E-state index contributed by atoms with van der Waals surface area (Å²) >= 11 is 0. The first-order chi connectivity index (χ1) is 10.3. The molecule has 1 fully saturated rings. The van der Waals surface area contributed by atoms with Crippen LogP contribution in [-0.4, -0.2) is 63.3 Å². The van der Waals surface area contributed by atoms with Gasteiger partial charge < -0.3 is 15.0 Å². The fourth-order valence-electron chi connectivity index (χ4n) is 2.43. The van der Waals surface area contributed by atoms with Gasteiger partial charge in [0.05, 0.1) is 19.8 Å². The molecule has 0 aromatic heterocycles. The number of anilines is 1. The maximum absolute atomic E-state index is 12.0. The van der Waals surface area contributed by atoms with E-state index in [0.29, 0.717) is 13.1 Å². The quantitative estimate of drug-likeness (QED) is 0.813. The number of nitrogens with zero attached hydrogens (tertiary/aromatic N) is 2. The van der Waals surface area contributed by atoms with Crippen LogP contribution in [0.3, 0.4) is 0 Å². The van der Waals surface area contributed by atoms with Gasteiger partial charge in [0.1, 0.15) is 0 Å². The summed E-state index contributed by atoms with van der Waals surface area (Å²) in [5, 5.41) is 3.00. The first kappa shape index (κ1) is 15.8. The number of carbonyl (C=O) groups is 1. The summed E-state index contributed by atoms with van der Waals surface area (Å²) in [6, 6.07) is 10.0. The molecule has 21 heavy (non-hydrogen) atoms. The SMILES string of the molecule is CCN(CC(=O)NCCN1CCOCC1)c1ccccc1. The molecule has 5 heteroatoms. The summed E-state index contributed by atoms with van der Waals surface area (Å²) in [5.74, 6) is 0.0777. The van der Waals surface area contributed by atoms with Gasteiger partial charge in [0.25, 0.3) is 0 Å². The van der Waals surface area contributed by atoms with E-state index >= 15 is 0 Å². The Kier molecular flexibility index (Phi) is 6.50. The van der Waals surface area contributed by atoms with Crippen molar-refractivity contribution >= 4 is 11.6 Å². The lowest BCUT2D eigenvalue weighted by molar-refractivity contribution is -0.119. The Morgan fingerprint density at radius 3 is 2.67 bits per heavy atom. The van der Waals surface area contributed by atoms with Crippen LogP contribution >= 0.6 is 0 Å². The van der Waals surface area contributed by atoms with Crippen LogP contribution in [0.4, 0.5) is 5.69 Å². The van der Waals surface area contributed by atoms with Crippen LogP contribution in [-0.2, 0) is 9.53 Å². The topological polar surface area (TPSA) is 44.8 Å². The zero-order chi connectivity index (χ0) is 14.9. The van der Waals surface area contributed by atoms with Crippen molar-refractivity contribution in [2.24, 2.45) is 0 Å². The predicted octanol–water partition coefficient (Wildman–Crippen LogP) is 0.961. The van der Waals surface area contributed by atoms with E-state index in [1.54, 1.807) is 0 Å². The van der Waals surface area contributed by atoms with Gasteiger partial charge in [-0.3, -0.25) is 9.69 Å². The lowest BCUT2D eigenvalue weighted by Gasteiger charge is -2.27. The molecule has 0 saturated carbocycles. The molecule has 0 atom stereocenters. The van der Waals surface area contributed by atoms with Gasteiger partial charge in [0.2, 0.25) is 5.91 Å². The van der Waals surface area contributed by atoms with Gasteiger partial charge >= 0.3 is 0 Å². The molecule has 116 valence electrons. The fraction of sp³-hybridized carbons (Fsp3) is 0.562. The highest BCUT2D eigenvalue weighted by Crippen LogP contribution is 2.11. The molecule has 1 aliphatic rings. The first-order valence-electron chi connectivity index (χ1n) is 7.66. The highest BCUT2D eigenvalue weighted by atomic mass is 16.5. The van der Waals surface area contributed by atoms with Gasteiger partial charge in [-0.05, 0) is 19.1 Å². The number of likely N-dealkylation sites (N-methyl/N-ethyl adjacent to an activating group) is 1. The van der Waals surface area contributed by atoms with E-state index in [-0.39, 0.29) is 5.91 Å². The van der Waals surface area contributed by atoms with Gasteiger partial charge in [0, 0.05) is 38.4 Å². The molecule has 2 rings (SSSR count). The van der Waals surface area contributed by atoms with Gasteiger partial charge in [-0.2, -0.15) is 0 Å². The summed E-state index contributed by atoms with van der Waals surface area (Å²) in [4.78, 5) is 16.4. The molecule has 0 bridgehead atoms. The van der Waals surface area contributed by atoms with Gasteiger partial charge in [-0.25, -0.2) is 0 Å². The summed E-state index contributed by atoms with van der Waals surface area (Å²) < 4.78 is 5.31. The van der Waals surface area contributed by atoms with Crippen LogP contribution in [0.1, 0.15) is 6.92 Å². The number of amides is 1. The van der Waals surface area contributed by atoms with Crippen LogP contribution in [0, 0.1) is 0 Å². The number of ether oxygens (including phenoxy) is 1. The Bertz CT molecular complexity index is 419. The molecule has 1 amide bonds. The van der Waals surface area contributed by atoms with Crippen molar-refractivity contribution in [2.45, 2.75) is 6.92 Å². The van der Waals surface area contributed by atoms with Crippen LogP contribution in [0.5, 0.6) is 0 Å². The fourth-order valence-corrected chi connectivity index (χ4v) is 2.43. The number of hydrogen-bond acceptors (Lipinski definition) is 4. The second kappa shape index (κ2) is 8.64. The second-order valence-corrected chi connectivity index (χ2v) is 5.15. The number of carbonyl (C=O) groups excluding carboxylic acids is 1. The maximum Gasteiger partial charge on any atom is 0.239 e. The Hall–Kier alpha value is -1.59. The van der Waals surface area contributed by atoms with E-state index in [1.165, 1.54) is 0 Å². The number of morpholine rings is 1. The molecule has 0 spiro atoms. The molecule has 0 radical (unpaired) electrons. The zero-order valence-corrected chi connectivity index (χ0v) is 12.8. The van der Waals surface area contributed by atoms with Crippen molar-refractivity contribution in [1.29, 1.82) is 0 Å². The van der Waals surface area contributed by atoms with Gasteiger partial charge in [-0.1, -0.05) is 18.2 Å². The lowest BCUT2D eigenvalue weighted by atomic mass is 10.3. The Morgan fingerprint density at radius 1 is 1.29 bits per heavy atom. The molecule has 5 nitrogen and oxygen atoms in total. The highest BCUT2D eigenvalue weighted by molar-refractivity contribution is 5.81. The molecule has 1 heterocycles. The number of benzene rings is 1. The first-order valence-corrected chi connectivity index (χ1v) is 7.66. The molecular weight excluding hydrogens is 266 g/mol. The molecule has 0 aliphatic carbocycles. The third kappa shape index (κ3) is 5.36. The number of hydrogen-bond donors (Lipinski definition) is 1. The normalized spacial score (nSPS) is 15.7. The van der Waals surface area contributed by atoms with Crippen LogP contribution in [0.2, 0.25) is 0 Å². The molecule has 0 unspecified atom stereocenters. The molecule has 1 saturated heterocycles. The third-order valence-electron chi connectivity index (χ3n) is 3.69. The van der Waals surface area contributed by atoms with E-state index in [1.807, 2.05) is 30.3 Å². The summed E-state index contributed by atoms with van der Waals surface area (Å²) in [6.07, 6.45) is 0. The Labute approximate surface area is 126 Å². The van der Waals surface area contributed by atoms with Gasteiger partial charge in [-0.15, -0.1) is 0 Å². The zero-order valence-electron chi connectivity index (χ0n) is 12.8. The predicted molar refractivity (Wildman–Crippen MR) is 84.6 cm³/mol. The van der Waals surface area contributed by atoms with Crippen molar-refractivity contribution in [2.75, 3.05) is 57.4 Å². The smallest absolute Gasteiger partial charge is 0.239 e. The molecule has 1 aliphatic heterocycles. The maximum atomic E-state index is 12.0. The Balaban J connectivity index is 1.70. The number of nitrogens with one attached hydrogen (secondary N) is 1. The average Bonchev–Trinajstić information content (AvgIpc) is 2.54. The monoisotopic (exact) mass is 291 g/mol. The van der Waals surface area contributed by atoms with Crippen LogP contribution in [0.25, 0.3) is 0 Å². The average molecular weight is 291 g/mol. The molecular formula is C16H25N3O2. The number of para-hydroxylation sites is 1. The van der Waals surface area contributed by atoms with Crippen molar-refractivity contribution in [1.82, 2.24) is 10.2 Å². The van der Waals surface area contributed by atoms with Crippen molar-refractivity contribution in [3.05, 3.63) is 30.3 Å². The summed E-state index contributed by atoms with van der Waals surface area (Å²) in [5.41, 5.74) is 1.09. The van der Waals surface area contributed by atoms with E-state index in [9.17, 15) is 4.79 Å². The van der Waals surface area contributed by atoms with E-state index < -0.39 is 0 Å². The van der Waals surface area contributed by atoms with Crippen LogP contribution in [0.15, 0.2) is 30.3 Å². The van der Waals surface area contributed by atoms with E-state index in [4.69, 9.17) is 4.74 Å². The minimum atomic E-state index is 0.0777. The van der Waals surface area contributed by atoms with Crippen molar-refractivity contribution < 1.29 is 9.53 Å². The lowest BCUT2D eigenvalue weighted by Crippen LogP contribution is -2.43. The van der Waals surface area contributed by atoms with E-state index in [0.717, 1.165) is 45.1 Å². The van der Waals surface area contributed by atoms with E-state index in [2.05, 4.69) is 22.0 Å². The standard InChI is InChI=1S/C16H25N3O2/c1-2-19(15-6-4-3-5-7-15)14-16(20)17-8-9-18-10-12-21-13-11-18/h3-7H,2,8-14H2,1H3,(H,17,20). The van der Waals surface area contributed by atoms with Crippen LogP contribution < -0.4 is 10.2 Å². The third-order valence-corrected chi connectivity index (χ3v) is 3.69. The van der Waals surface area contributed by atoms with Gasteiger partial charge in [0.15, 0.2) is 0 Å². The second-order valence-electron chi connectivity index (χ2n) is 5.15. The highest BCUT2D eigenvalue weighted by Gasteiger charge is 2.12. The van der Waals surface area contributed by atoms with Crippen molar-refractivity contribution in [3.63, 3.8) is 0 Å². The minimum Gasteiger partial charge on any atom is -0.379 e.